The van der Waals surface area contributed by atoms with E-state index in [-0.39, 0.29) is 12.5 Å². The van der Waals surface area contributed by atoms with Gasteiger partial charge in [0.25, 0.3) is 0 Å². The van der Waals surface area contributed by atoms with Crippen molar-refractivity contribution < 1.29 is 14.3 Å². The molecule has 1 atom stereocenters. The highest BCUT2D eigenvalue weighted by atomic mass is 16.5. The topological polar surface area (TPSA) is 64.8 Å². The Kier molecular flexibility index (Phi) is 7.19. The second-order valence-electron chi connectivity index (χ2n) is 5.24. The van der Waals surface area contributed by atoms with Crippen LogP contribution in [0.5, 0.6) is 5.75 Å². The molecule has 0 fully saturated rings. The van der Waals surface area contributed by atoms with Gasteiger partial charge >= 0.3 is 0 Å². The van der Waals surface area contributed by atoms with Crippen molar-refractivity contribution in [1.82, 2.24) is 4.90 Å². The van der Waals surface area contributed by atoms with Crippen molar-refractivity contribution in [2.45, 2.75) is 26.3 Å². The molecule has 1 rings (SSSR count). The van der Waals surface area contributed by atoms with Crippen molar-refractivity contribution in [2.24, 2.45) is 5.73 Å². The molecular weight excluding hydrogens is 268 g/mol. The molecule has 0 aliphatic carbocycles. The van der Waals surface area contributed by atoms with Crippen molar-refractivity contribution in [3.63, 3.8) is 0 Å². The standard InChI is InChI=1S/C16H26N2O3/c1-12-7-5-8-13(2)15(12)21-10-6-9-18(3)16(19)14(17)11-20-4/h5,7-8,14H,6,9-11,17H2,1-4H3/t14-/m0/s1. The second kappa shape index (κ2) is 8.64. The van der Waals surface area contributed by atoms with Crippen LogP contribution in [0.1, 0.15) is 17.5 Å². The Morgan fingerprint density at radius 1 is 1.33 bits per heavy atom. The van der Waals surface area contributed by atoms with Gasteiger partial charge in [-0.1, -0.05) is 18.2 Å². The number of rotatable bonds is 8. The van der Waals surface area contributed by atoms with Crippen LogP contribution in [0, 0.1) is 13.8 Å². The summed E-state index contributed by atoms with van der Waals surface area (Å²) in [4.78, 5) is 13.5. The maximum atomic E-state index is 11.9. The third kappa shape index (κ3) is 5.36. The van der Waals surface area contributed by atoms with Gasteiger partial charge in [0.2, 0.25) is 5.91 Å². The fourth-order valence-corrected chi connectivity index (χ4v) is 2.15. The van der Waals surface area contributed by atoms with Crippen molar-refractivity contribution in [2.75, 3.05) is 33.9 Å². The quantitative estimate of drug-likeness (QED) is 0.738. The summed E-state index contributed by atoms with van der Waals surface area (Å²) in [7, 11) is 3.28. The van der Waals surface area contributed by atoms with Gasteiger partial charge in [-0.3, -0.25) is 4.79 Å². The van der Waals surface area contributed by atoms with Gasteiger partial charge in [0.05, 0.1) is 13.2 Å². The lowest BCUT2D eigenvalue weighted by Gasteiger charge is -2.21. The van der Waals surface area contributed by atoms with Crippen LogP contribution in [0.2, 0.25) is 0 Å². The summed E-state index contributed by atoms with van der Waals surface area (Å²) < 4.78 is 10.7. The van der Waals surface area contributed by atoms with E-state index >= 15 is 0 Å². The van der Waals surface area contributed by atoms with Gasteiger partial charge in [0.1, 0.15) is 11.8 Å². The lowest BCUT2D eigenvalue weighted by molar-refractivity contribution is -0.132. The van der Waals surface area contributed by atoms with Gasteiger partial charge < -0.3 is 20.1 Å². The lowest BCUT2D eigenvalue weighted by Crippen LogP contribution is -2.44. The molecule has 118 valence electrons. The van der Waals surface area contributed by atoms with E-state index in [9.17, 15) is 4.79 Å². The van der Waals surface area contributed by atoms with Gasteiger partial charge in [-0.15, -0.1) is 0 Å². The van der Waals surface area contributed by atoms with Gasteiger partial charge in [0, 0.05) is 20.7 Å². The molecule has 0 bridgehead atoms. The second-order valence-corrected chi connectivity index (χ2v) is 5.24. The summed E-state index contributed by atoms with van der Waals surface area (Å²) in [6.45, 7) is 5.48. The van der Waals surface area contributed by atoms with Crippen LogP contribution in [-0.4, -0.2) is 50.8 Å². The van der Waals surface area contributed by atoms with Gasteiger partial charge in [-0.05, 0) is 31.4 Å². The number of likely N-dealkylation sites (N-methyl/N-ethyl adjacent to an activating group) is 1. The number of ether oxygens (including phenoxy) is 2. The zero-order chi connectivity index (χ0) is 15.8. The predicted octanol–water partition coefficient (Wildman–Crippen LogP) is 1.50. The molecular formula is C16H26N2O3. The van der Waals surface area contributed by atoms with Crippen molar-refractivity contribution in [3.05, 3.63) is 29.3 Å². The van der Waals surface area contributed by atoms with Crippen LogP contribution in [0.25, 0.3) is 0 Å². The van der Waals surface area contributed by atoms with E-state index in [1.807, 2.05) is 32.0 Å². The van der Waals surface area contributed by atoms with Crippen molar-refractivity contribution in [3.8, 4) is 5.75 Å². The Balaban J connectivity index is 2.35. The molecule has 1 aromatic rings. The van der Waals surface area contributed by atoms with E-state index in [4.69, 9.17) is 15.2 Å². The SMILES string of the molecule is COC[C@H](N)C(=O)N(C)CCCOc1c(C)cccc1C. The van der Waals surface area contributed by atoms with Gasteiger partial charge in [-0.2, -0.15) is 0 Å². The third-order valence-electron chi connectivity index (χ3n) is 3.33. The number of nitrogens with zero attached hydrogens (tertiary/aromatic N) is 1. The minimum absolute atomic E-state index is 0.107. The average Bonchev–Trinajstić information content (AvgIpc) is 2.45. The number of carbonyl (C=O) groups is 1. The molecule has 0 aliphatic rings. The summed E-state index contributed by atoms with van der Waals surface area (Å²) in [5.74, 6) is 0.825. The molecule has 2 N–H and O–H groups in total. The van der Waals surface area contributed by atoms with Crippen LogP contribution < -0.4 is 10.5 Å². The molecule has 1 amide bonds. The fraction of sp³-hybridized carbons (Fsp3) is 0.562. The molecule has 5 heteroatoms. The first-order valence-corrected chi connectivity index (χ1v) is 7.16. The largest absolute Gasteiger partial charge is 0.493 e. The Hall–Kier alpha value is -1.59. The number of benzene rings is 1. The Bertz CT molecular complexity index is 443. The number of amides is 1. The number of para-hydroxylation sites is 1. The molecule has 21 heavy (non-hydrogen) atoms. The van der Waals surface area contributed by atoms with Crippen LogP contribution in [0.3, 0.4) is 0 Å². The van der Waals surface area contributed by atoms with Crippen molar-refractivity contribution in [1.29, 1.82) is 0 Å². The summed E-state index contributed by atoms with van der Waals surface area (Å²) in [5, 5.41) is 0. The highest BCUT2D eigenvalue weighted by Crippen LogP contribution is 2.22. The normalized spacial score (nSPS) is 12.0. The summed E-state index contributed by atoms with van der Waals surface area (Å²) in [6.07, 6.45) is 0.760. The molecule has 0 aliphatic heterocycles. The van der Waals surface area contributed by atoms with Crippen LogP contribution in [-0.2, 0) is 9.53 Å². The van der Waals surface area contributed by atoms with E-state index < -0.39 is 6.04 Å². The minimum Gasteiger partial charge on any atom is -0.493 e. The molecule has 0 saturated heterocycles. The number of carbonyl (C=O) groups excluding carboxylic acids is 1. The average molecular weight is 294 g/mol. The number of hydrogen-bond acceptors (Lipinski definition) is 4. The Morgan fingerprint density at radius 2 is 1.95 bits per heavy atom. The maximum absolute atomic E-state index is 11.9. The Labute approximate surface area is 127 Å². The van der Waals surface area contributed by atoms with E-state index in [1.165, 1.54) is 7.11 Å². The molecule has 0 saturated carbocycles. The van der Waals surface area contributed by atoms with Gasteiger partial charge in [-0.25, -0.2) is 0 Å². The monoisotopic (exact) mass is 294 g/mol. The first-order chi connectivity index (χ1) is 9.97. The molecule has 1 aromatic carbocycles. The molecule has 0 unspecified atom stereocenters. The minimum atomic E-state index is -0.598. The van der Waals surface area contributed by atoms with E-state index in [0.29, 0.717) is 13.2 Å². The molecule has 5 nitrogen and oxygen atoms in total. The summed E-state index contributed by atoms with van der Waals surface area (Å²) in [5.41, 5.74) is 7.97. The summed E-state index contributed by atoms with van der Waals surface area (Å²) in [6, 6.07) is 5.48. The molecule has 0 spiro atoms. The number of nitrogens with two attached hydrogens (primary N) is 1. The van der Waals surface area contributed by atoms with Crippen molar-refractivity contribution >= 4 is 5.91 Å². The zero-order valence-electron chi connectivity index (χ0n) is 13.4. The van der Waals surface area contributed by atoms with Crippen LogP contribution in [0.4, 0.5) is 0 Å². The number of hydrogen-bond donors (Lipinski definition) is 1. The number of aryl methyl sites for hydroxylation is 2. The molecule has 0 aromatic heterocycles. The molecule has 0 radical (unpaired) electrons. The highest BCUT2D eigenvalue weighted by molar-refractivity contribution is 5.81. The van der Waals surface area contributed by atoms with E-state index in [0.717, 1.165) is 23.3 Å². The third-order valence-corrected chi connectivity index (χ3v) is 3.33. The highest BCUT2D eigenvalue weighted by Gasteiger charge is 2.17. The Morgan fingerprint density at radius 3 is 2.52 bits per heavy atom. The fourth-order valence-electron chi connectivity index (χ4n) is 2.15. The first-order valence-electron chi connectivity index (χ1n) is 7.16. The van der Waals surface area contributed by atoms with Crippen LogP contribution >= 0.6 is 0 Å². The van der Waals surface area contributed by atoms with Gasteiger partial charge in [0.15, 0.2) is 0 Å². The predicted molar refractivity (Wildman–Crippen MR) is 83.5 cm³/mol. The lowest BCUT2D eigenvalue weighted by atomic mass is 10.1. The van der Waals surface area contributed by atoms with Crippen LogP contribution in [0.15, 0.2) is 18.2 Å². The summed E-state index contributed by atoms with van der Waals surface area (Å²) >= 11 is 0. The molecule has 0 heterocycles. The maximum Gasteiger partial charge on any atom is 0.241 e. The van der Waals surface area contributed by atoms with E-state index in [1.54, 1.807) is 11.9 Å². The first kappa shape index (κ1) is 17.5. The smallest absolute Gasteiger partial charge is 0.241 e. The number of methoxy groups -OCH3 is 1. The zero-order valence-corrected chi connectivity index (χ0v) is 13.4. The van der Waals surface area contributed by atoms with E-state index in [2.05, 4.69) is 0 Å².